The van der Waals surface area contributed by atoms with Crippen LogP contribution in [-0.2, 0) is 4.79 Å². The minimum atomic E-state index is -2.91. The summed E-state index contributed by atoms with van der Waals surface area (Å²) in [6.07, 6.45) is 1.67. The summed E-state index contributed by atoms with van der Waals surface area (Å²) in [6, 6.07) is 22.2. The Morgan fingerprint density at radius 2 is 1.71 bits per heavy atom. The molecule has 0 radical (unpaired) electrons. The summed E-state index contributed by atoms with van der Waals surface area (Å²) in [7, 11) is 0. The van der Waals surface area contributed by atoms with Gasteiger partial charge in [-0.05, 0) is 54.8 Å². The predicted molar refractivity (Wildman–Crippen MR) is 143 cm³/mol. The molecule has 5 rings (SSSR count). The average Bonchev–Trinajstić information content (AvgIpc) is 3.20. The highest BCUT2D eigenvalue weighted by molar-refractivity contribution is 7.07. The first-order valence-electron chi connectivity index (χ1n) is 11.8. The van der Waals surface area contributed by atoms with Crippen LogP contribution in [0.2, 0.25) is 0 Å². The van der Waals surface area contributed by atoms with Crippen molar-refractivity contribution in [3.05, 3.63) is 127 Å². The Balaban J connectivity index is 1.60. The molecule has 0 saturated carbocycles. The van der Waals surface area contributed by atoms with Crippen LogP contribution in [0.4, 0.5) is 14.5 Å². The Morgan fingerprint density at radius 3 is 2.39 bits per heavy atom. The molecule has 1 aliphatic heterocycles. The van der Waals surface area contributed by atoms with E-state index in [4.69, 9.17) is 0 Å². The van der Waals surface area contributed by atoms with E-state index in [2.05, 4.69) is 15.0 Å². The van der Waals surface area contributed by atoms with Gasteiger partial charge in [0.05, 0.1) is 21.8 Å². The zero-order valence-electron chi connectivity index (χ0n) is 20.5. The van der Waals surface area contributed by atoms with Crippen molar-refractivity contribution in [2.45, 2.75) is 26.5 Å². The van der Waals surface area contributed by atoms with E-state index in [1.54, 1.807) is 29.7 Å². The van der Waals surface area contributed by atoms with Gasteiger partial charge in [0.15, 0.2) is 4.80 Å². The molecule has 2 heterocycles. The highest BCUT2D eigenvalue weighted by Gasteiger charge is 2.32. The van der Waals surface area contributed by atoms with Crippen molar-refractivity contribution in [2.75, 3.05) is 5.32 Å². The number of ether oxygens (including phenoxy) is 1. The van der Waals surface area contributed by atoms with Crippen LogP contribution in [0.1, 0.15) is 29.7 Å². The number of alkyl halides is 2. The van der Waals surface area contributed by atoms with Crippen LogP contribution in [0.15, 0.2) is 99.9 Å². The number of para-hydroxylation sites is 1. The topological polar surface area (TPSA) is 72.7 Å². The quantitative estimate of drug-likeness (QED) is 0.389. The van der Waals surface area contributed by atoms with E-state index >= 15 is 0 Å². The lowest BCUT2D eigenvalue weighted by molar-refractivity contribution is -0.113. The van der Waals surface area contributed by atoms with E-state index in [0.29, 0.717) is 31.9 Å². The molecule has 1 aliphatic rings. The Kier molecular flexibility index (Phi) is 7.02. The SMILES string of the molecule is CC1=C(C(=O)Nc2ccccc2C)C(c2ccccc2)n2c(s/c(=C/c3ccc(OC(F)F)cc3)c2=O)=N1. The van der Waals surface area contributed by atoms with Crippen molar-refractivity contribution in [3.63, 3.8) is 0 Å². The van der Waals surface area contributed by atoms with Crippen molar-refractivity contribution >= 4 is 29.0 Å². The number of hydrogen-bond acceptors (Lipinski definition) is 5. The van der Waals surface area contributed by atoms with E-state index in [1.807, 2.05) is 61.5 Å². The number of fused-ring (bicyclic) bond motifs is 1. The maximum atomic E-state index is 13.7. The van der Waals surface area contributed by atoms with Gasteiger partial charge in [-0.2, -0.15) is 8.78 Å². The number of aryl methyl sites for hydroxylation is 1. The fraction of sp³-hybridized carbons (Fsp3) is 0.138. The second kappa shape index (κ2) is 10.5. The number of aromatic nitrogens is 1. The largest absolute Gasteiger partial charge is 0.435 e. The molecule has 1 amide bonds. The van der Waals surface area contributed by atoms with E-state index in [9.17, 15) is 18.4 Å². The summed E-state index contributed by atoms with van der Waals surface area (Å²) >= 11 is 1.21. The predicted octanol–water partition coefficient (Wildman–Crippen LogP) is 4.78. The molecule has 0 bridgehead atoms. The highest BCUT2D eigenvalue weighted by Crippen LogP contribution is 2.31. The second-order valence-electron chi connectivity index (χ2n) is 8.71. The third kappa shape index (κ3) is 5.05. The fourth-order valence-corrected chi connectivity index (χ4v) is 5.41. The van der Waals surface area contributed by atoms with Crippen molar-refractivity contribution in [3.8, 4) is 5.75 Å². The number of hydrogen-bond donors (Lipinski definition) is 1. The van der Waals surface area contributed by atoms with Gasteiger partial charge in [0, 0.05) is 5.69 Å². The van der Waals surface area contributed by atoms with Crippen LogP contribution in [0, 0.1) is 6.92 Å². The Morgan fingerprint density at radius 1 is 1.03 bits per heavy atom. The molecule has 4 aromatic rings. The van der Waals surface area contributed by atoms with Crippen molar-refractivity contribution < 1.29 is 18.3 Å². The van der Waals surface area contributed by atoms with Crippen LogP contribution >= 0.6 is 11.3 Å². The molecule has 0 aliphatic carbocycles. The van der Waals surface area contributed by atoms with Gasteiger partial charge in [0.2, 0.25) is 0 Å². The Bertz CT molecular complexity index is 1710. The number of allylic oxidation sites excluding steroid dienone is 1. The van der Waals surface area contributed by atoms with Gasteiger partial charge in [0.25, 0.3) is 11.5 Å². The number of nitrogens with zero attached hydrogens (tertiary/aromatic N) is 2. The van der Waals surface area contributed by atoms with Gasteiger partial charge in [-0.15, -0.1) is 0 Å². The van der Waals surface area contributed by atoms with Crippen LogP contribution in [0.5, 0.6) is 5.75 Å². The molecule has 0 spiro atoms. The first-order valence-corrected chi connectivity index (χ1v) is 12.6. The molecular weight excluding hydrogens is 508 g/mol. The van der Waals surface area contributed by atoms with Gasteiger partial charge in [-0.25, -0.2) is 4.99 Å². The van der Waals surface area contributed by atoms with Crippen molar-refractivity contribution in [1.82, 2.24) is 4.57 Å². The number of nitrogens with one attached hydrogen (secondary N) is 1. The standard InChI is InChI=1S/C29H23F2N3O3S/c1-17-8-6-7-11-22(17)33-26(35)24-18(2)32-29-34(25(24)20-9-4-3-5-10-20)27(36)23(38-29)16-19-12-14-21(15-13-19)37-28(30)31/h3-16,25,28H,1-2H3,(H,33,35)/b23-16+. The molecule has 9 heteroatoms. The van der Waals surface area contributed by atoms with Gasteiger partial charge in [-0.3, -0.25) is 14.2 Å². The normalized spacial score (nSPS) is 15.3. The van der Waals surface area contributed by atoms with Gasteiger partial charge in [0.1, 0.15) is 5.75 Å². The molecule has 1 unspecified atom stereocenters. The fourth-order valence-electron chi connectivity index (χ4n) is 4.36. The van der Waals surface area contributed by atoms with Crippen molar-refractivity contribution in [2.24, 2.45) is 4.99 Å². The molecule has 192 valence electrons. The van der Waals surface area contributed by atoms with Crippen molar-refractivity contribution in [1.29, 1.82) is 0 Å². The van der Waals surface area contributed by atoms with Gasteiger partial charge >= 0.3 is 6.61 Å². The number of carbonyl (C=O) groups excluding carboxylic acids is 1. The smallest absolute Gasteiger partial charge is 0.387 e. The monoisotopic (exact) mass is 531 g/mol. The second-order valence-corrected chi connectivity index (χ2v) is 9.72. The van der Waals surface area contributed by atoms with Gasteiger partial charge in [-0.1, -0.05) is 72.0 Å². The van der Waals surface area contributed by atoms with E-state index in [-0.39, 0.29) is 17.2 Å². The average molecular weight is 532 g/mol. The first-order chi connectivity index (χ1) is 18.3. The molecule has 3 aromatic carbocycles. The molecule has 0 fully saturated rings. The molecular formula is C29H23F2N3O3S. The lowest BCUT2D eigenvalue weighted by Crippen LogP contribution is -2.40. The number of anilines is 1. The number of amides is 1. The lowest BCUT2D eigenvalue weighted by atomic mass is 9.95. The molecule has 1 N–H and O–H groups in total. The van der Waals surface area contributed by atoms with E-state index in [1.165, 1.54) is 23.5 Å². The van der Waals surface area contributed by atoms with Crippen LogP contribution < -0.4 is 24.9 Å². The molecule has 38 heavy (non-hydrogen) atoms. The molecule has 6 nitrogen and oxygen atoms in total. The minimum Gasteiger partial charge on any atom is -0.435 e. The summed E-state index contributed by atoms with van der Waals surface area (Å²) in [5.74, 6) is -0.305. The highest BCUT2D eigenvalue weighted by atomic mass is 32.1. The van der Waals surface area contributed by atoms with Crippen LogP contribution in [0.25, 0.3) is 6.08 Å². The number of carbonyl (C=O) groups is 1. The number of rotatable bonds is 6. The summed E-state index contributed by atoms with van der Waals surface area (Å²) in [4.78, 5) is 32.4. The summed E-state index contributed by atoms with van der Waals surface area (Å²) in [6.45, 7) is 0.761. The zero-order valence-corrected chi connectivity index (χ0v) is 21.3. The number of benzene rings is 3. The molecule has 1 atom stereocenters. The summed E-state index contributed by atoms with van der Waals surface area (Å²) in [5.41, 5.74) is 3.61. The minimum absolute atomic E-state index is 0.0302. The Hall–Kier alpha value is -4.37. The van der Waals surface area contributed by atoms with Crippen LogP contribution in [0.3, 0.4) is 0 Å². The van der Waals surface area contributed by atoms with E-state index < -0.39 is 12.7 Å². The summed E-state index contributed by atoms with van der Waals surface area (Å²) in [5, 5.41) is 2.98. The molecule has 1 aromatic heterocycles. The van der Waals surface area contributed by atoms with E-state index in [0.717, 1.165) is 11.1 Å². The lowest BCUT2D eigenvalue weighted by Gasteiger charge is -2.25. The maximum Gasteiger partial charge on any atom is 0.387 e. The number of halogens is 2. The van der Waals surface area contributed by atoms with Crippen LogP contribution in [-0.4, -0.2) is 17.1 Å². The third-order valence-electron chi connectivity index (χ3n) is 6.18. The zero-order chi connectivity index (χ0) is 26.8. The first kappa shape index (κ1) is 25.3. The Labute approximate surface area is 220 Å². The number of thiazole rings is 1. The maximum absolute atomic E-state index is 13.7. The van der Waals surface area contributed by atoms with Gasteiger partial charge < -0.3 is 10.1 Å². The molecule has 0 saturated heterocycles. The third-order valence-corrected chi connectivity index (χ3v) is 7.16. The summed E-state index contributed by atoms with van der Waals surface area (Å²) < 4.78 is 31.3.